The molecule has 3 aromatic rings. The van der Waals surface area contributed by atoms with Crippen LogP contribution in [-0.2, 0) is 9.59 Å². The van der Waals surface area contributed by atoms with E-state index >= 15 is 0 Å². The molecule has 1 aliphatic heterocycles. The van der Waals surface area contributed by atoms with Gasteiger partial charge in [-0.3, -0.25) is 9.59 Å². The van der Waals surface area contributed by atoms with Crippen molar-refractivity contribution in [2.45, 2.75) is 38.5 Å². The quantitative estimate of drug-likeness (QED) is 0.426. The summed E-state index contributed by atoms with van der Waals surface area (Å²) in [6, 6.07) is 23.3. The molecule has 1 aliphatic carbocycles. The van der Waals surface area contributed by atoms with Crippen molar-refractivity contribution in [3.63, 3.8) is 0 Å². The number of rotatable bonds is 6. The lowest BCUT2D eigenvalue weighted by molar-refractivity contribution is -0.116. The largest absolute Gasteiger partial charge is 0.493 e. The number of ether oxygens (including phenoxy) is 2. The molecule has 1 amide bonds. The summed E-state index contributed by atoms with van der Waals surface area (Å²) >= 11 is 0. The van der Waals surface area contributed by atoms with Crippen molar-refractivity contribution in [1.29, 1.82) is 0 Å². The van der Waals surface area contributed by atoms with Crippen molar-refractivity contribution in [1.82, 2.24) is 5.32 Å². The summed E-state index contributed by atoms with van der Waals surface area (Å²) < 4.78 is 10.9. The molecule has 3 aromatic carbocycles. The first-order valence-corrected chi connectivity index (χ1v) is 12.8. The molecule has 0 saturated heterocycles. The molecule has 6 nitrogen and oxygen atoms in total. The van der Waals surface area contributed by atoms with Gasteiger partial charge in [-0.1, -0.05) is 54.1 Å². The Labute approximate surface area is 223 Å². The molecule has 0 unspecified atom stereocenters. The van der Waals surface area contributed by atoms with E-state index in [0.717, 1.165) is 33.8 Å². The molecule has 2 aliphatic rings. The fraction of sp³-hybridized carbons (Fsp3) is 0.250. The number of benzene rings is 3. The van der Waals surface area contributed by atoms with E-state index in [4.69, 9.17) is 9.47 Å². The molecule has 0 radical (unpaired) electrons. The Kier molecular flexibility index (Phi) is 7.05. The summed E-state index contributed by atoms with van der Waals surface area (Å²) in [6.45, 7) is 3.92. The third-order valence-corrected chi connectivity index (χ3v) is 7.39. The van der Waals surface area contributed by atoms with Crippen LogP contribution in [0.5, 0.6) is 11.5 Å². The van der Waals surface area contributed by atoms with E-state index in [0.29, 0.717) is 35.5 Å². The number of carbonyl (C=O) groups excluding carboxylic acids is 2. The molecular weight excluding hydrogens is 476 g/mol. The maximum Gasteiger partial charge on any atom is 0.254 e. The number of amides is 1. The minimum Gasteiger partial charge on any atom is -0.493 e. The maximum atomic E-state index is 13.8. The summed E-state index contributed by atoms with van der Waals surface area (Å²) in [4.78, 5) is 27.5. The second-order valence-corrected chi connectivity index (χ2v) is 9.86. The number of ketones is 1. The molecule has 0 aromatic heterocycles. The van der Waals surface area contributed by atoms with Gasteiger partial charge in [0.25, 0.3) is 5.91 Å². The molecule has 0 spiro atoms. The first-order chi connectivity index (χ1) is 18.4. The third-order valence-electron chi connectivity index (χ3n) is 7.39. The summed E-state index contributed by atoms with van der Waals surface area (Å²) in [5.41, 5.74) is 6.64. The van der Waals surface area contributed by atoms with E-state index in [1.807, 2.05) is 86.6 Å². The molecule has 6 heteroatoms. The Morgan fingerprint density at radius 2 is 1.58 bits per heavy atom. The van der Waals surface area contributed by atoms with Crippen molar-refractivity contribution in [2.24, 2.45) is 0 Å². The summed E-state index contributed by atoms with van der Waals surface area (Å²) in [7, 11) is 3.22. The molecule has 2 N–H and O–H groups in total. The zero-order valence-corrected chi connectivity index (χ0v) is 22.1. The first-order valence-electron chi connectivity index (χ1n) is 12.8. The fourth-order valence-electron chi connectivity index (χ4n) is 5.50. The minimum atomic E-state index is -0.447. The van der Waals surface area contributed by atoms with E-state index in [1.54, 1.807) is 14.2 Å². The molecule has 0 fully saturated rings. The highest BCUT2D eigenvalue weighted by Gasteiger charge is 2.41. The molecule has 0 saturated carbocycles. The number of hydrogen-bond acceptors (Lipinski definition) is 5. The SMILES string of the molecule is COc1ccc([C@@H]2CC(=O)C3=C(C2)NC(C)=C(C(=O)Nc2ccc(C)cc2)[C@H]3c2ccccc2)cc1OC. The van der Waals surface area contributed by atoms with Gasteiger partial charge in [0.2, 0.25) is 0 Å². The molecule has 0 bridgehead atoms. The third kappa shape index (κ3) is 4.82. The van der Waals surface area contributed by atoms with E-state index in [2.05, 4.69) is 10.6 Å². The second-order valence-electron chi connectivity index (χ2n) is 9.86. The standard InChI is InChI=1S/C32H32N2O4/c1-19-10-13-24(14-11-19)34-32(36)29-20(2)33-25-16-23(22-12-15-27(37-3)28(18-22)38-4)17-26(35)31(25)30(29)21-8-6-5-7-9-21/h5-15,18,23,30,33H,16-17H2,1-4H3,(H,34,36)/t23-,30+/m0/s1. The molecule has 194 valence electrons. The molecule has 1 heterocycles. The van der Waals surface area contributed by atoms with Gasteiger partial charge in [0.1, 0.15) is 0 Å². The highest BCUT2D eigenvalue weighted by Crippen LogP contribution is 2.46. The number of Topliss-reactive ketones (excluding diaryl/α,β-unsaturated/α-hetero) is 1. The van der Waals surface area contributed by atoms with Crippen LogP contribution in [0.1, 0.15) is 48.3 Å². The summed E-state index contributed by atoms with van der Waals surface area (Å²) in [6.07, 6.45) is 1.01. The number of carbonyl (C=O) groups is 2. The van der Waals surface area contributed by atoms with E-state index in [1.165, 1.54) is 0 Å². The van der Waals surface area contributed by atoms with E-state index < -0.39 is 5.92 Å². The monoisotopic (exact) mass is 508 g/mol. The van der Waals surface area contributed by atoms with Gasteiger partial charge in [0.15, 0.2) is 17.3 Å². The first kappa shape index (κ1) is 25.3. The maximum absolute atomic E-state index is 13.8. The van der Waals surface area contributed by atoms with Crippen LogP contribution in [-0.4, -0.2) is 25.9 Å². The Bertz CT molecular complexity index is 1440. The van der Waals surface area contributed by atoms with Crippen LogP contribution in [0.25, 0.3) is 0 Å². The number of aryl methyl sites for hydroxylation is 1. The lowest BCUT2D eigenvalue weighted by Crippen LogP contribution is -2.37. The average Bonchev–Trinajstić information content (AvgIpc) is 2.93. The normalized spacial score (nSPS) is 19.0. The number of nitrogens with one attached hydrogen (secondary N) is 2. The van der Waals surface area contributed by atoms with Gasteiger partial charge >= 0.3 is 0 Å². The van der Waals surface area contributed by atoms with Crippen LogP contribution in [0.2, 0.25) is 0 Å². The van der Waals surface area contributed by atoms with Gasteiger partial charge in [0, 0.05) is 40.6 Å². The van der Waals surface area contributed by atoms with Crippen molar-refractivity contribution < 1.29 is 19.1 Å². The fourth-order valence-corrected chi connectivity index (χ4v) is 5.50. The lowest BCUT2D eigenvalue weighted by atomic mass is 9.71. The van der Waals surface area contributed by atoms with Crippen LogP contribution in [0.4, 0.5) is 5.69 Å². The highest BCUT2D eigenvalue weighted by atomic mass is 16.5. The van der Waals surface area contributed by atoms with Crippen LogP contribution < -0.4 is 20.1 Å². The minimum absolute atomic E-state index is 0.0132. The predicted molar refractivity (Wildman–Crippen MR) is 148 cm³/mol. The molecule has 38 heavy (non-hydrogen) atoms. The van der Waals surface area contributed by atoms with Gasteiger partial charge in [-0.25, -0.2) is 0 Å². The van der Waals surface area contributed by atoms with Gasteiger partial charge in [-0.15, -0.1) is 0 Å². The topological polar surface area (TPSA) is 76.7 Å². The number of methoxy groups -OCH3 is 2. The van der Waals surface area contributed by atoms with Crippen molar-refractivity contribution in [3.05, 3.63) is 112 Å². The number of dihydropyridines is 1. The van der Waals surface area contributed by atoms with Crippen molar-refractivity contribution in [3.8, 4) is 11.5 Å². The molecular formula is C32H32N2O4. The van der Waals surface area contributed by atoms with Crippen molar-refractivity contribution >= 4 is 17.4 Å². The predicted octanol–water partition coefficient (Wildman–Crippen LogP) is 6.01. The van der Waals surface area contributed by atoms with Crippen LogP contribution >= 0.6 is 0 Å². The highest BCUT2D eigenvalue weighted by molar-refractivity contribution is 6.10. The number of allylic oxidation sites excluding steroid dienone is 3. The molecule has 2 atom stereocenters. The van der Waals surface area contributed by atoms with E-state index in [9.17, 15) is 9.59 Å². The van der Waals surface area contributed by atoms with Gasteiger partial charge in [-0.2, -0.15) is 0 Å². The van der Waals surface area contributed by atoms with Crippen molar-refractivity contribution in [2.75, 3.05) is 19.5 Å². The smallest absolute Gasteiger partial charge is 0.254 e. The second kappa shape index (κ2) is 10.6. The molecule has 5 rings (SSSR count). The van der Waals surface area contributed by atoms with Crippen LogP contribution in [0.15, 0.2) is 95.3 Å². The van der Waals surface area contributed by atoms with Crippen LogP contribution in [0, 0.1) is 6.92 Å². The van der Waals surface area contributed by atoms with E-state index in [-0.39, 0.29) is 17.6 Å². The van der Waals surface area contributed by atoms with Gasteiger partial charge in [0.05, 0.1) is 14.2 Å². The Morgan fingerprint density at radius 1 is 0.868 bits per heavy atom. The Morgan fingerprint density at radius 3 is 2.26 bits per heavy atom. The average molecular weight is 509 g/mol. The Hall–Kier alpha value is -4.32. The van der Waals surface area contributed by atoms with Crippen LogP contribution in [0.3, 0.4) is 0 Å². The zero-order chi connectivity index (χ0) is 26.8. The summed E-state index contributed by atoms with van der Waals surface area (Å²) in [5, 5.41) is 6.49. The Balaban J connectivity index is 1.52. The van der Waals surface area contributed by atoms with Gasteiger partial charge < -0.3 is 20.1 Å². The lowest BCUT2D eigenvalue weighted by Gasteiger charge is -2.37. The number of hydrogen-bond donors (Lipinski definition) is 2. The number of anilines is 1. The zero-order valence-electron chi connectivity index (χ0n) is 22.1. The summed E-state index contributed by atoms with van der Waals surface area (Å²) in [5.74, 6) is 0.662. The van der Waals surface area contributed by atoms with Gasteiger partial charge in [-0.05, 0) is 61.6 Å².